The molecule has 0 aliphatic rings. The Bertz CT molecular complexity index is 388. The summed E-state index contributed by atoms with van der Waals surface area (Å²) in [6, 6.07) is 1.86. The number of hydrogen-bond donors (Lipinski definition) is 1. The molecular weight excluding hydrogens is 269 g/mol. The third-order valence-corrected chi connectivity index (χ3v) is 2.90. The largest absolute Gasteiger partial charge is 0.468 e. The Labute approximate surface area is 118 Å². The van der Waals surface area contributed by atoms with Crippen LogP contribution in [-0.2, 0) is 13.1 Å². The molecule has 0 aromatic carbocycles. The number of rotatable bonds is 8. The second-order valence-electron chi connectivity index (χ2n) is 5.50. The topological polar surface area (TPSA) is 28.4 Å². The lowest BCUT2D eigenvalue weighted by Gasteiger charge is -2.17. The van der Waals surface area contributed by atoms with Crippen molar-refractivity contribution >= 4 is 0 Å². The van der Waals surface area contributed by atoms with E-state index in [0.717, 1.165) is 17.9 Å². The first-order valence-corrected chi connectivity index (χ1v) is 6.79. The summed E-state index contributed by atoms with van der Waals surface area (Å²) in [4.78, 5) is 1.62. The van der Waals surface area contributed by atoms with E-state index >= 15 is 0 Å². The van der Waals surface area contributed by atoms with Crippen molar-refractivity contribution in [1.29, 1.82) is 0 Å². The molecule has 1 aromatic heterocycles. The molecule has 0 fully saturated rings. The zero-order valence-electron chi connectivity index (χ0n) is 12.3. The lowest BCUT2D eigenvalue weighted by Crippen LogP contribution is -2.25. The zero-order valence-corrected chi connectivity index (χ0v) is 12.3. The second-order valence-corrected chi connectivity index (χ2v) is 5.50. The quantitative estimate of drug-likeness (QED) is 0.796. The summed E-state index contributed by atoms with van der Waals surface area (Å²) in [5.74, 6) is 1.28. The first-order chi connectivity index (χ1) is 9.28. The standard InChI is InChI=1S/C14H23F3N2O/c1-11(2)8-18-9-12-4-7-20-13(12)10-19(3)6-5-14(15,16)17/h4,7,11,18H,5-6,8-10H2,1-3H3. The second kappa shape index (κ2) is 7.69. The molecule has 1 rings (SSSR count). The monoisotopic (exact) mass is 292 g/mol. The van der Waals surface area contributed by atoms with Gasteiger partial charge in [-0.3, -0.25) is 4.90 Å². The van der Waals surface area contributed by atoms with Gasteiger partial charge in [-0.25, -0.2) is 0 Å². The molecule has 0 radical (unpaired) electrons. The zero-order chi connectivity index (χ0) is 15.2. The summed E-state index contributed by atoms with van der Waals surface area (Å²) in [5, 5.41) is 3.30. The summed E-state index contributed by atoms with van der Waals surface area (Å²) in [6.07, 6.45) is -3.33. The molecule has 0 aliphatic carbocycles. The molecule has 0 saturated heterocycles. The summed E-state index contributed by atoms with van der Waals surface area (Å²) in [5.41, 5.74) is 1.00. The smallest absolute Gasteiger partial charge is 0.390 e. The average molecular weight is 292 g/mol. The van der Waals surface area contributed by atoms with Crippen LogP contribution < -0.4 is 5.32 Å². The maximum atomic E-state index is 12.2. The van der Waals surface area contributed by atoms with Gasteiger partial charge in [0, 0.05) is 18.7 Å². The fourth-order valence-corrected chi connectivity index (χ4v) is 1.80. The molecule has 0 atom stereocenters. The molecule has 116 valence electrons. The lowest BCUT2D eigenvalue weighted by atomic mass is 10.2. The fourth-order valence-electron chi connectivity index (χ4n) is 1.80. The van der Waals surface area contributed by atoms with Gasteiger partial charge >= 0.3 is 6.18 Å². The molecule has 1 N–H and O–H groups in total. The van der Waals surface area contributed by atoms with E-state index in [1.807, 2.05) is 6.07 Å². The Morgan fingerprint density at radius 2 is 2.05 bits per heavy atom. The number of furan rings is 1. The van der Waals surface area contributed by atoms with E-state index in [1.165, 1.54) is 0 Å². The van der Waals surface area contributed by atoms with E-state index in [2.05, 4.69) is 19.2 Å². The van der Waals surface area contributed by atoms with Crippen LogP contribution in [0.1, 0.15) is 31.6 Å². The molecule has 0 unspecified atom stereocenters. The van der Waals surface area contributed by atoms with Crippen molar-refractivity contribution in [2.75, 3.05) is 20.1 Å². The highest BCUT2D eigenvalue weighted by atomic mass is 19.4. The van der Waals surface area contributed by atoms with Crippen LogP contribution in [0.4, 0.5) is 13.2 Å². The summed E-state index contributed by atoms with van der Waals surface area (Å²) < 4.78 is 41.8. The van der Waals surface area contributed by atoms with E-state index in [1.54, 1.807) is 18.2 Å². The first kappa shape index (κ1) is 17.0. The Morgan fingerprint density at radius 1 is 1.35 bits per heavy atom. The molecule has 6 heteroatoms. The molecule has 0 bridgehead atoms. The molecule has 3 nitrogen and oxygen atoms in total. The molecule has 20 heavy (non-hydrogen) atoms. The number of nitrogens with one attached hydrogen (secondary N) is 1. The number of halogens is 3. The van der Waals surface area contributed by atoms with Crippen LogP contribution in [0, 0.1) is 5.92 Å². The van der Waals surface area contributed by atoms with Gasteiger partial charge in [0.25, 0.3) is 0 Å². The van der Waals surface area contributed by atoms with Crippen LogP contribution in [0.25, 0.3) is 0 Å². The average Bonchev–Trinajstić information content (AvgIpc) is 2.73. The fraction of sp³-hybridized carbons (Fsp3) is 0.714. The van der Waals surface area contributed by atoms with E-state index in [9.17, 15) is 13.2 Å². The summed E-state index contributed by atoms with van der Waals surface area (Å²) >= 11 is 0. The minimum Gasteiger partial charge on any atom is -0.468 e. The van der Waals surface area contributed by atoms with Crippen LogP contribution in [0.3, 0.4) is 0 Å². The van der Waals surface area contributed by atoms with Crippen LogP contribution in [0.15, 0.2) is 16.7 Å². The van der Waals surface area contributed by atoms with Crippen molar-refractivity contribution in [3.8, 4) is 0 Å². The molecule has 0 amide bonds. The van der Waals surface area contributed by atoms with Crippen molar-refractivity contribution in [1.82, 2.24) is 10.2 Å². The lowest BCUT2D eigenvalue weighted by molar-refractivity contribution is -0.137. The van der Waals surface area contributed by atoms with Crippen molar-refractivity contribution in [3.63, 3.8) is 0 Å². The van der Waals surface area contributed by atoms with E-state index in [-0.39, 0.29) is 6.54 Å². The van der Waals surface area contributed by atoms with Gasteiger partial charge in [-0.1, -0.05) is 13.8 Å². The van der Waals surface area contributed by atoms with Crippen LogP contribution in [0.2, 0.25) is 0 Å². The third kappa shape index (κ3) is 6.96. The van der Waals surface area contributed by atoms with Gasteiger partial charge in [0.2, 0.25) is 0 Å². The highest BCUT2D eigenvalue weighted by molar-refractivity contribution is 5.16. The van der Waals surface area contributed by atoms with Crippen molar-refractivity contribution in [2.45, 2.75) is 39.5 Å². The van der Waals surface area contributed by atoms with Gasteiger partial charge < -0.3 is 9.73 Å². The summed E-state index contributed by atoms with van der Waals surface area (Å²) in [7, 11) is 1.67. The van der Waals surface area contributed by atoms with E-state index in [0.29, 0.717) is 19.0 Å². The first-order valence-electron chi connectivity index (χ1n) is 6.79. The third-order valence-electron chi connectivity index (χ3n) is 2.90. The van der Waals surface area contributed by atoms with Gasteiger partial charge in [0.05, 0.1) is 19.2 Å². The molecule has 0 saturated carbocycles. The van der Waals surface area contributed by atoms with Gasteiger partial charge in [-0.15, -0.1) is 0 Å². The van der Waals surface area contributed by atoms with Crippen LogP contribution >= 0.6 is 0 Å². The van der Waals surface area contributed by atoms with Gasteiger partial charge in [-0.05, 0) is 25.6 Å². The summed E-state index contributed by atoms with van der Waals surface area (Å²) in [6.45, 7) is 6.18. The maximum Gasteiger partial charge on any atom is 0.390 e. The predicted octanol–water partition coefficient (Wildman–Crippen LogP) is 3.41. The van der Waals surface area contributed by atoms with Crippen molar-refractivity contribution in [2.24, 2.45) is 5.92 Å². The van der Waals surface area contributed by atoms with Gasteiger partial charge in [0.1, 0.15) is 5.76 Å². The molecule has 1 aromatic rings. The van der Waals surface area contributed by atoms with Gasteiger partial charge in [0.15, 0.2) is 0 Å². The minimum absolute atomic E-state index is 0.0247. The Hall–Kier alpha value is -1.01. The Balaban J connectivity index is 2.41. The number of hydrogen-bond acceptors (Lipinski definition) is 3. The number of alkyl halides is 3. The van der Waals surface area contributed by atoms with E-state index < -0.39 is 12.6 Å². The highest BCUT2D eigenvalue weighted by Crippen LogP contribution is 2.20. The van der Waals surface area contributed by atoms with Crippen molar-refractivity contribution < 1.29 is 17.6 Å². The minimum atomic E-state index is -4.11. The van der Waals surface area contributed by atoms with E-state index in [4.69, 9.17) is 4.42 Å². The normalized spacial score (nSPS) is 12.6. The molecule has 0 spiro atoms. The number of nitrogens with zero attached hydrogens (tertiary/aromatic N) is 1. The highest BCUT2D eigenvalue weighted by Gasteiger charge is 2.27. The van der Waals surface area contributed by atoms with Gasteiger partial charge in [-0.2, -0.15) is 13.2 Å². The Morgan fingerprint density at radius 3 is 2.65 bits per heavy atom. The van der Waals surface area contributed by atoms with Crippen LogP contribution in [0.5, 0.6) is 0 Å². The SMILES string of the molecule is CC(C)CNCc1ccoc1CN(C)CCC(F)(F)F. The predicted molar refractivity (Wildman–Crippen MR) is 72.3 cm³/mol. The van der Waals surface area contributed by atoms with Crippen LogP contribution in [-0.4, -0.2) is 31.2 Å². The molecular formula is C14H23F3N2O. The maximum absolute atomic E-state index is 12.2. The molecule has 1 heterocycles. The van der Waals surface area contributed by atoms with Crippen molar-refractivity contribution in [3.05, 3.63) is 23.7 Å². The molecule has 0 aliphatic heterocycles. The Kier molecular flexibility index (Phi) is 6.55.